The van der Waals surface area contributed by atoms with Crippen molar-refractivity contribution < 1.29 is 9.13 Å². The molecule has 1 saturated carbocycles. The van der Waals surface area contributed by atoms with E-state index in [0.29, 0.717) is 30.8 Å². The third-order valence-corrected chi connectivity index (χ3v) is 4.45. The fraction of sp³-hybridized carbons (Fsp3) is 0.429. The van der Waals surface area contributed by atoms with E-state index in [4.69, 9.17) is 4.74 Å². The molecule has 28 heavy (non-hydrogen) atoms. The van der Waals surface area contributed by atoms with Gasteiger partial charge >= 0.3 is 0 Å². The summed E-state index contributed by atoms with van der Waals surface area (Å²) >= 11 is 0. The molecule has 0 aliphatic heterocycles. The Labute approximate surface area is 183 Å². The molecule has 2 N–H and O–H groups in total. The number of hydrogen-bond donors (Lipinski definition) is 2. The van der Waals surface area contributed by atoms with Crippen LogP contribution in [0.15, 0.2) is 47.6 Å². The quantitative estimate of drug-likeness (QED) is 0.321. The van der Waals surface area contributed by atoms with Crippen LogP contribution in [-0.4, -0.2) is 24.1 Å². The van der Waals surface area contributed by atoms with Crippen LogP contribution in [0.5, 0.6) is 5.75 Å². The van der Waals surface area contributed by atoms with E-state index in [1.165, 1.54) is 18.9 Å². The van der Waals surface area contributed by atoms with Crippen LogP contribution in [0.3, 0.4) is 0 Å². The summed E-state index contributed by atoms with van der Waals surface area (Å²) in [5.74, 6) is 1.28. The highest BCUT2D eigenvalue weighted by Crippen LogP contribution is 2.30. The maximum atomic E-state index is 14.3. The third-order valence-electron chi connectivity index (χ3n) is 4.45. The SMILES string of the molecule is CCNC(=NCc1ccccn1)NC(C)c1ccc(OCC2CC2)c(F)c1.I. The van der Waals surface area contributed by atoms with Crippen LogP contribution in [0.25, 0.3) is 0 Å². The van der Waals surface area contributed by atoms with Crippen LogP contribution in [0.2, 0.25) is 0 Å². The lowest BCUT2D eigenvalue weighted by atomic mass is 10.1. The molecule has 0 amide bonds. The number of aliphatic imine (C=N–C) groups is 1. The number of aromatic nitrogens is 1. The van der Waals surface area contributed by atoms with Crippen LogP contribution in [0.1, 0.15) is 44.0 Å². The number of nitrogens with one attached hydrogen (secondary N) is 2. The van der Waals surface area contributed by atoms with Gasteiger partial charge in [-0.25, -0.2) is 9.38 Å². The number of hydrogen-bond acceptors (Lipinski definition) is 3. The highest BCUT2D eigenvalue weighted by molar-refractivity contribution is 14.0. The molecular weight excluding hydrogens is 470 g/mol. The maximum absolute atomic E-state index is 14.3. The summed E-state index contributed by atoms with van der Waals surface area (Å²) in [6.07, 6.45) is 4.13. The number of halogens is 2. The fourth-order valence-corrected chi connectivity index (χ4v) is 2.66. The number of benzene rings is 1. The lowest BCUT2D eigenvalue weighted by Crippen LogP contribution is -2.38. The third kappa shape index (κ3) is 6.92. The van der Waals surface area contributed by atoms with Crippen molar-refractivity contribution in [2.75, 3.05) is 13.2 Å². The molecule has 1 heterocycles. The van der Waals surface area contributed by atoms with Gasteiger partial charge in [0.25, 0.3) is 0 Å². The lowest BCUT2D eigenvalue weighted by Gasteiger charge is -2.19. The molecule has 0 saturated heterocycles. The standard InChI is InChI=1S/C21H27FN4O.HI/c1-3-23-21(25-13-18-6-4-5-11-24-18)26-15(2)17-9-10-20(19(22)12-17)27-14-16-7-8-16;/h4-6,9-12,15-16H,3,7-8,13-14H2,1-2H3,(H2,23,25,26);1H. The number of guanidine groups is 1. The Hall–Kier alpha value is -1.90. The number of rotatable bonds is 8. The van der Waals surface area contributed by atoms with E-state index in [9.17, 15) is 4.39 Å². The van der Waals surface area contributed by atoms with E-state index >= 15 is 0 Å². The summed E-state index contributed by atoms with van der Waals surface area (Å²) in [6, 6.07) is 10.8. The molecule has 5 nitrogen and oxygen atoms in total. The average molecular weight is 498 g/mol. The van der Waals surface area contributed by atoms with Gasteiger partial charge in [-0.05, 0) is 62.4 Å². The van der Waals surface area contributed by atoms with Crippen molar-refractivity contribution in [3.8, 4) is 5.75 Å². The molecule has 1 unspecified atom stereocenters. The van der Waals surface area contributed by atoms with Crippen molar-refractivity contribution in [2.24, 2.45) is 10.9 Å². The zero-order valence-corrected chi connectivity index (χ0v) is 18.7. The van der Waals surface area contributed by atoms with Gasteiger partial charge in [0.2, 0.25) is 0 Å². The Morgan fingerprint density at radius 1 is 1.32 bits per heavy atom. The molecule has 0 radical (unpaired) electrons. The van der Waals surface area contributed by atoms with Crippen LogP contribution in [0.4, 0.5) is 4.39 Å². The normalized spacial score (nSPS) is 14.8. The number of nitrogens with zero attached hydrogens (tertiary/aromatic N) is 2. The van der Waals surface area contributed by atoms with E-state index < -0.39 is 0 Å². The molecule has 2 aromatic rings. The number of ether oxygens (including phenoxy) is 1. The van der Waals surface area contributed by atoms with E-state index in [1.54, 1.807) is 12.3 Å². The van der Waals surface area contributed by atoms with Gasteiger partial charge in [0.1, 0.15) is 0 Å². The first kappa shape index (κ1) is 22.4. The molecule has 1 aliphatic carbocycles. The van der Waals surface area contributed by atoms with Crippen molar-refractivity contribution in [1.82, 2.24) is 15.6 Å². The van der Waals surface area contributed by atoms with Crippen LogP contribution in [-0.2, 0) is 6.54 Å². The molecular formula is C21H28FIN4O. The van der Waals surface area contributed by atoms with Gasteiger partial charge in [-0.15, -0.1) is 24.0 Å². The summed E-state index contributed by atoms with van der Waals surface area (Å²) in [4.78, 5) is 8.84. The molecule has 1 aromatic heterocycles. The topological polar surface area (TPSA) is 58.5 Å². The summed E-state index contributed by atoms with van der Waals surface area (Å²) in [6.45, 7) is 5.81. The molecule has 1 aliphatic rings. The number of pyridine rings is 1. The van der Waals surface area contributed by atoms with Crippen molar-refractivity contribution in [3.05, 3.63) is 59.7 Å². The van der Waals surface area contributed by atoms with Gasteiger partial charge in [0.05, 0.1) is 24.9 Å². The molecule has 1 aromatic carbocycles. The van der Waals surface area contributed by atoms with Crippen LogP contribution < -0.4 is 15.4 Å². The highest BCUT2D eigenvalue weighted by Gasteiger charge is 2.22. The Morgan fingerprint density at radius 3 is 2.79 bits per heavy atom. The second kappa shape index (κ2) is 11.2. The van der Waals surface area contributed by atoms with Gasteiger partial charge in [0.15, 0.2) is 17.5 Å². The molecule has 152 valence electrons. The van der Waals surface area contributed by atoms with Gasteiger partial charge < -0.3 is 15.4 Å². The van der Waals surface area contributed by atoms with E-state index in [1.807, 2.05) is 38.1 Å². The average Bonchev–Trinajstić information content (AvgIpc) is 3.50. The molecule has 0 bridgehead atoms. The lowest BCUT2D eigenvalue weighted by molar-refractivity contribution is 0.285. The van der Waals surface area contributed by atoms with Crippen molar-refractivity contribution in [2.45, 2.75) is 39.3 Å². The van der Waals surface area contributed by atoms with Crippen molar-refractivity contribution in [1.29, 1.82) is 0 Å². The predicted octanol–water partition coefficient (Wildman–Crippen LogP) is 4.44. The second-order valence-electron chi connectivity index (χ2n) is 6.83. The maximum Gasteiger partial charge on any atom is 0.192 e. The largest absolute Gasteiger partial charge is 0.490 e. The summed E-state index contributed by atoms with van der Waals surface area (Å²) in [5, 5.41) is 6.53. The van der Waals surface area contributed by atoms with Gasteiger partial charge in [-0.1, -0.05) is 12.1 Å². The smallest absolute Gasteiger partial charge is 0.192 e. The zero-order chi connectivity index (χ0) is 19.1. The first-order valence-corrected chi connectivity index (χ1v) is 9.52. The molecule has 1 atom stereocenters. The minimum atomic E-state index is -0.322. The first-order valence-electron chi connectivity index (χ1n) is 9.52. The van der Waals surface area contributed by atoms with Gasteiger partial charge in [-0.2, -0.15) is 0 Å². The van der Waals surface area contributed by atoms with E-state index in [-0.39, 0.29) is 35.8 Å². The summed E-state index contributed by atoms with van der Waals surface area (Å²) in [5.41, 5.74) is 1.74. The predicted molar refractivity (Wildman–Crippen MR) is 121 cm³/mol. The van der Waals surface area contributed by atoms with Gasteiger partial charge in [0, 0.05) is 12.7 Å². The Balaban J connectivity index is 0.00000280. The van der Waals surface area contributed by atoms with E-state index in [0.717, 1.165) is 17.8 Å². The van der Waals surface area contributed by atoms with Crippen molar-refractivity contribution in [3.63, 3.8) is 0 Å². The summed E-state index contributed by atoms with van der Waals surface area (Å²) < 4.78 is 19.9. The highest BCUT2D eigenvalue weighted by atomic mass is 127. The Kier molecular flexibility index (Phi) is 8.95. The zero-order valence-electron chi connectivity index (χ0n) is 16.3. The Morgan fingerprint density at radius 2 is 2.14 bits per heavy atom. The first-order chi connectivity index (χ1) is 13.2. The van der Waals surface area contributed by atoms with Crippen LogP contribution in [0, 0.1) is 11.7 Å². The molecule has 3 rings (SSSR count). The minimum Gasteiger partial charge on any atom is -0.490 e. The van der Waals surface area contributed by atoms with Gasteiger partial charge in [-0.3, -0.25) is 4.98 Å². The monoisotopic (exact) mass is 498 g/mol. The molecule has 0 spiro atoms. The molecule has 7 heteroatoms. The second-order valence-corrected chi connectivity index (χ2v) is 6.83. The molecule has 1 fully saturated rings. The van der Waals surface area contributed by atoms with E-state index in [2.05, 4.69) is 20.6 Å². The van der Waals surface area contributed by atoms with Crippen LogP contribution >= 0.6 is 24.0 Å². The van der Waals surface area contributed by atoms with Crippen molar-refractivity contribution >= 4 is 29.9 Å². The Bertz CT molecular complexity index is 768. The fourth-order valence-electron chi connectivity index (χ4n) is 2.66. The minimum absolute atomic E-state index is 0. The summed E-state index contributed by atoms with van der Waals surface area (Å²) in [7, 11) is 0.